The summed E-state index contributed by atoms with van der Waals surface area (Å²) in [6.45, 7) is 10.7. The first-order chi connectivity index (χ1) is 7.04. The van der Waals surface area contributed by atoms with Crippen LogP contribution >= 0.6 is 0 Å². The summed E-state index contributed by atoms with van der Waals surface area (Å²) in [5.41, 5.74) is 0. The van der Waals surface area contributed by atoms with Gasteiger partial charge in [-0.25, -0.2) is 4.98 Å². The zero-order chi connectivity index (χ0) is 11.4. The molecule has 1 aromatic rings. The zero-order valence-electron chi connectivity index (χ0n) is 10.4. The van der Waals surface area contributed by atoms with E-state index < -0.39 is 0 Å². The van der Waals surface area contributed by atoms with Crippen LogP contribution in [0.15, 0.2) is 10.6 Å². The number of aryl methyl sites for hydroxylation is 1. The van der Waals surface area contributed by atoms with Crippen LogP contribution in [0.5, 0.6) is 0 Å². The molecular formula is C12H22N2O. The Balaban J connectivity index is 2.58. The highest BCUT2D eigenvalue weighted by atomic mass is 16.4. The molecule has 3 heteroatoms. The van der Waals surface area contributed by atoms with Gasteiger partial charge in [0.05, 0.1) is 12.2 Å². The number of hydrogen-bond acceptors (Lipinski definition) is 3. The molecule has 0 bridgehead atoms. The molecule has 0 fully saturated rings. The maximum absolute atomic E-state index is 5.50. The molecule has 2 atom stereocenters. The Morgan fingerprint density at radius 1 is 1.40 bits per heavy atom. The third kappa shape index (κ3) is 3.34. The largest absolute Gasteiger partial charge is 0.444 e. The van der Waals surface area contributed by atoms with Crippen molar-refractivity contribution in [1.29, 1.82) is 0 Å². The third-order valence-electron chi connectivity index (χ3n) is 2.72. The quantitative estimate of drug-likeness (QED) is 0.811. The minimum absolute atomic E-state index is 0.186. The summed E-state index contributed by atoms with van der Waals surface area (Å²) in [7, 11) is 0. The summed E-state index contributed by atoms with van der Waals surface area (Å²) in [5.74, 6) is 2.29. The van der Waals surface area contributed by atoms with Crippen molar-refractivity contribution < 1.29 is 4.42 Å². The van der Waals surface area contributed by atoms with Crippen LogP contribution in [0.2, 0.25) is 0 Å². The van der Waals surface area contributed by atoms with Gasteiger partial charge in [-0.15, -0.1) is 0 Å². The predicted molar refractivity (Wildman–Crippen MR) is 61.7 cm³/mol. The Labute approximate surface area is 92.3 Å². The molecule has 0 saturated heterocycles. The topological polar surface area (TPSA) is 38.1 Å². The Morgan fingerprint density at radius 2 is 2.07 bits per heavy atom. The summed E-state index contributed by atoms with van der Waals surface area (Å²) in [5, 5.41) is 3.54. The van der Waals surface area contributed by atoms with Crippen molar-refractivity contribution in [3.05, 3.63) is 17.8 Å². The highest BCUT2D eigenvalue weighted by Gasteiger charge is 2.17. The molecule has 1 aromatic heterocycles. The van der Waals surface area contributed by atoms with Gasteiger partial charge in [-0.1, -0.05) is 20.8 Å². The van der Waals surface area contributed by atoms with E-state index in [2.05, 4.69) is 38.0 Å². The lowest BCUT2D eigenvalue weighted by molar-refractivity contribution is 0.318. The van der Waals surface area contributed by atoms with Gasteiger partial charge in [0.2, 0.25) is 5.89 Å². The average Bonchev–Trinajstić information content (AvgIpc) is 2.60. The van der Waals surface area contributed by atoms with E-state index in [1.54, 1.807) is 6.20 Å². The molecule has 1 heterocycles. The van der Waals surface area contributed by atoms with Crippen LogP contribution in [0, 0.1) is 12.8 Å². The minimum Gasteiger partial charge on any atom is -0.444 e. The Bertz CT molecular complexity index is 294. The number of rotatable bonds is 5. The number of hydrogen-bond donors (Lipinski definition) is 1. The van der Waals surface area contributed by atoms with Gasteiger partial charge in [0.15, 0.2) is 0 Å². The van der Waals surface area contributed by atoms with Crippen molar-refractivity contribution in [1.82, 2.24) is 10.3 Å². The molecule has 15 heavy (non-hydrogen) atoms. The van der Waals surface area contributed by atoms with E-state index in [-0.39, 0.29) is 6.04 Å². The monoisotopic (exact) mass is 210 g/mol. The fourth-order valence-electron chi connectivity index (χ4n) is 1.75. The number of aromatic nitrogens is 1. The molecule has 1 rings (SSSR count). The fraction of sp³-hybridized carbons (Fsp3) is 0.750. The van der Waals surface area contributed by atoms with E-state index in [1.165, 1.54) is 0 Å². The number of nitrogens with one attached hydrogen (secondary N) is 1. The van der Waals surface area contributed by atoms with Gasteiger partial charge in [0.25, 0.3) is 0 Å². The molecule has 0 aliphatic rings. The van der Waals surface area contributed by atoms with E-state index in [0.717, 1.165) is 18.1 Å². The minimum atomic E-state index is 0.186. The lowest BCUT2D eigenvalue weighted by Crippen LogP contribution is -2.35. The molecule has 0 amide bonds. The van der Waals surface area contributed by atoms with E-state index in [1.807, 2.05) is 6.92 Å². The van der Waals surface area contributed by atoms with Crippen LogP contribution in [0.25, 0.3) is 0 Å². The summed E-state index contributed by atoms with van der Waals surface area (Å²) >= 11 is 0. The second-order valence-corrected chi connectivity index (χ2v) is 4.46. The molecule has 1 N–H and O–H groups in total. The van der Waals surface area contributed by atoms with Crippen molar-refractivity contribution in [3.8, 4) is 0 Å². The predicted octanol–water partition coefficient (Wildman–Crippen LogP) is 3.07. The van der Waals surface area contributed by atoms with Gasteiger partial charge in [-0.2, -0.15) is 0 Å². The molecule has 0 aliphatic heterocycles. The normalized spacial score (nSPS) is 15.6. The van der Waals surface area contributed by atoms with Crippen LogP contribution in [-0.2, 0) is 0 Å². The summed E-state index contributed by atoms with van der Waals surface area (Å²) in [6, 6.07) is 0.707. The Kier molecular flexibility index (Phi) is 4.33. The summed E-state index contributed by atoms with van der Waals surface area (Å²) < 4.78 is 5.50. The van der Waals surface area contributed by atoms with Crippen molar-refractivity contribution in [2.75, 3.05) is 0 Å². The van der Waals surface area contributed by atoms with E-state index in [4.69, 9.17) is 4.42 Å². The Morgan fingerprint density at radius 3 is 2.47 bits per heavy atom. The standard InChI is InChI=1S/C12H22N2O/c1-6-11(8(2)3)14-10(5)12-13-7-9(4)15-12/h7-8,10-11,14H,6H2,1-5H3. The second kappa shape index (κ2) is 5.31. The maximum atomic E-state index is 5.50. The van der Waals surface area contributed by atoms with Crippen molar-refractivity contribution in [2.24, 2.45) is 5.92 Å². The van der Waals surface area contributed by atoms with Crippen LogP contribution in [0.1, 0.15) is 51.8 Å². The van der Waals surface area contributed by atoms with Crippen LogP contribution in [-0.4, -0.2) is 11.0 Å². The van der Waals surface area contributed by atoms with E-state index in [0.29, 0.717) is 12.0 Å². The van der Waals surface area contributed by atoms with Gasteiger partial charge >= 0.3 is 0 Å². The zero-order valence-corrected chi connectivity index (χ0v) is 10.4. The first kappa shape index (κ1) is 12.2. The first-order valence-corrected chi connectivity index (χ1v) is 5.73. The fourth-order valence-corrected chi connectivity index (χ4v) is 1.75. The second-order valence-electron chi connectivity index (χ2n) is 4.46. The first-order valence-electron chi connectivity index (χ1n) is 5.73. The lowest BCUT2D eigenvalue weighted by Gasteiger charge is -2.23. The van der Waals surface area contributed by atoms with Gasteiger partial charge in [0, 0.05) is 6.04 Å². The molecule has 0 saturated carbocycles. The van der Waals surface area contributed by atoms with E-state index in [9.17, 15) is 0 Å². The third-order valence-corrected chi connectivity index (χ3v) is 2.72. The van der Waals surface area contributed by atoms with Crippen molar-refractivity contribution in [3.63, 3.8) is 0 Å². The van der Waals surface area contributed by atoms with Gasteiger partial charge < -0.3 is 9.73 Å². The van der Waals surface area contributed by atoms with Gasteiger partial charge in [-0.05, 0) is 26.2 Å². The van der Waals surface area contributed by atoms with Gasteiger partial charge in [0.1, 0.15) is 5.76 Å². The van der Waals surface area contributed by atoms with Crippen LogP contribution in [0.4, 0.5) is 0 Å². The molecule has 0 aromatic carbocycles. The molecular weight excluding hydrogens is 188 g/mol. The van der Waals surface area contributed by atoms with Crippen LogP contribution in [0.3, 0.4) is 0 Å². The SMILES string of the molecule is CCC(NC(C)c1ncc(C)o1)C(C)C. The highest BCUT2D eigenvalue weighted by molar-refractivity contribution is 4.95. The average molecular weight is 210 g/mol. The van der Waals surface area contributed by atoms with Crippen molar-refractivity contribution >= 4 is 0 Å². The van der Waals surface area contributed by atoms with E-state index >= 15 is 0 Å². The van der Waals surface area contributed by atoms with Crippen LogP contribution < -0.4 is 5.32 Å². The highest BCUT2D eigenvalue weighted by Crippen LogP contribution is 2.16. The summed E-state index contributed by atoms with van der Waals surface area (Å²) in [6.07, 6.45) is 2.89. The van der Waals surface area contributed by atoms with Gasteiger partial charge in [-0.3, -0.25) is 0 Å². The summed E-state index contributed by atoms with van der Waals surface area (Å²) in [4.78, 5) is 4.23. The molecule has 0 aliphatic carbocycles. The number of oxazole rings is 1. The smallest absolute Gasteiger partial charge is 0.211 e. The van der Waals surface area contributed by atoms with Crippen molar-refractivity contribution in [2.45, 2.75) is 53.1 Å². The maximum Gasteiger partial charge on any atom is 0.211 e. The molecule has 0 radical (unpaired) electrons. The Hall–Kier alpha value is -0.830. The molecule has 86 valence electrons. The lowest BCUT2D eigenvalue weighted by atomic mass is 10.0. The number of nitrogens with zero attached hydrogens (tertiary/aromatic N) is 1. The molecule has 0 spiro atoms. The molecule has 2 unspecified atom stereocenters. The molecule has 3 nitrogen and oxygen atoms in total.